The number of carbonyl (C=O) groups is 1. The highest BCUT2D eigenvalue weighted by atomic mass is 16.6. The number of carbonyl (C=O) groups excluding carboxylic acids is 1. The number of esters is 1. The summed E-state index contributed by atoms with van der Waals surface area (Å²) in [5.74, 6) is -0.112. The van der Waals surface area contributed by atoms with Crippen LogP contribution in [0.2, 0.25) is 0 Å². The lowest BCUT2D eigenvalue weighted by Gasteiger charge is -2.02. The molecule has 0 aromatic rings. The summed E-state index contributed by atoms with van der Waals surface area (Å²) >= 11 is 0. The quantitative estimate of drug-likeness (QED) is 0.377. The fraction of sp³-hybridized carbons (Fsp3) is 0.800. The van der Waals surface area contributed by atoms with Crippen LogP contribution in [0.25, 0.3) is 0 Å². The molecule has 3 heteroatoms. The highest BCUT2D eigenvalue weighted by molar-refractivity contribution is 5.75. The summed E-state index contributed by atoms with van der Waals surface area (Å²) < 4.78 is 6.80. The van der Waals surface area contributed by atoms with E-state index in [1.807, 2.05) is 6.92 Å². The normalized spacial score (nSPS) is 27.8. The summed E-state index contributed by atoms with van der Waals surface area (Å²) in [5, 5.41) is 0. The molecule has 0 radical (unpaired) electrons. The first-order chi connectivity index (χ1) is 6.16. The van der Waals surface area contributed by atoms with Crippen molar-refractivity contribution in [1.29, 1.82) is 0 Å². The Bertz CT molecular complexity index is 213. The summed E-state index contributed by atoms with van der Waals surface area (Å²) in [7, 11) is 0. The van der Waals surface area contributed by atoms with E-state index in [0.29, 0.717) is 0 Å². The van der Waals surface area contributed by atoms with E-state index >= 15 is 0 Å². The molecule has 1 saturated heterocycles. The minimum atomic E-state index is -0.154. The molecule has 2 unspecified atom stereocenters. The zero-order valence-electron chi connectivity index (χ0n) is 8.45. The molecule has 0 aliphatic carbocycles. The second-order valence-corrected chi connectivity index (χ2v) is 3.56. The van der Waals surface area contributed by atoms with Gasteiger partial charge in [-0.1, -0.05) is 19.8 Å². The summed E-state index contributed by atoms with van der Waals surface area (Å²) in [6, 6.07) is -0.110. The Morgan fingerprint density at radius 3 is 2.69 bits per heavy atom. The van der Waals surface area contributed by atoms with Gasteiger partial charge in [0, 0.05) is 13.3 Å². The molecule has 13 heavy (non-hydrogen) atoms. The maximum absolute atomic E-state index is 11.3. The van der Waals surface area contributed by atoms with Crippen molar-refractivity contribution in [2.24, 2.45) is 0 Å². The van der Waals surface area contributed by atoms with Crippen molar-refractivity contribution in [3.8, 4) is 0 Å². The zero-order valence-corrected chi connectivity index (χ0v) is 8.45. The van der Waals surface area contributed by atoms with Crippen LogP contribution in [0, 0.1) is 0 Å². The SMILES string of the molecule is C=[N+]1C(C)OC(=O)C1CCCCC. The van der Waals surface area contributed by atoms with Gasteiger partial charge < -0.3 is 4.74 Å². The van der Waals surface area contributed by atoms with Crippen LogP contribution in [0.4, 0.5) is 0 Å². The van der Waals surface area contributed by atoms with E-state index < -0.39 is 0 Å². The molecule has 1 rings (SSSR count). The molecule has 0 amide bonds. The van der Waals surface area contributed by atoms with Crippen LogP contribution in [-0.4, -0.2) is 29.5 Å². The Morgan fingerprint density at radius 2 is 2.23 bits per heavy atom. The van der Waals surface area contributed by atoms with Crippen LogP contribution in [0.15, 0.2) is 0 Å². The van der Waals surface area contributed by atoms with Crippen LogP contribution in [0.1, 0.15) is 39.5 Å². The van der Waals surface area contributed by atoms with E-state index in [-0.39, 0.29) is 18.2 Å². The molecule has 0 bridgehead atoms. The molecule has 74 valence electrons. The highest BCUT2D eigenvalue weighted by Gasteiger charge is 2.41. The number of nitrogens with zero attached hydrogens (tertiary/aromatic N) is 1. The van der Waals surface area contributed by atoms with Crippen molar-refractivity contribution < 1.29 is 14.1 Å². The molecular formula is C10H18NO2+. The van der Waals surface area contributed by atoms with Gasteiger partial charge in [-0.05, 0) is 6.42 Å². The largest absolute Gasteiger partial charge is 0.398 e. The predicted molar refractivity (Wildman–Crippen MR) is 50.9 cm³/mol. The Kier molecular flexibility index (Phi) is 3.46. The van der Waals surface area contributed by atoms with Crippen molar-refractivity contribution in [2.75, 3.05) is 0 Å². The average molecular weight is 184 g/mol. The second-order valence-electron chi connectivity index (χ2n) is 3.56. The molecule has 0 N–H and O–H groups in total. The second kappa shape index (κ2) is 4.40. The van der Waals surface area contributed by atoms with Gasteiger partial charge in [0.25, 0.3) is 12.3 Å². The van der Waals surface area contributed by atoms with Gasteiger partial charge in [-0.3, -0.25) is 0 Å². The molecule has 0 saturated carbocycles. The maximum Gasteiger partial charge on any atom is 0.380 e. The number of hydrogen-bond donors (Lipinski definition) is 0. The van der Waals surface area contributed by atoms with Crippen molar-refractivity contribution in [2.45, 2.75) is 51.8 Å². The third-order valence-corrected chi connectivity index (χ3v) is 2.51. The molecule has 1 aliphatic rings. The number of rotatable bonds is 4. The molecule has 1 heterocycles. The Labute approximate surface area is 79.4 Å². The van der Waals surface area contributed by atoms with E-state index in [4.69, 9.17) is 4.74 Å². The van der Waals surface area contributed by atoms with Crippen molar-refractivity contribution >= 4 is 12.7 Å². The van der Waals surface area contributed by atoms with Crippen LogP contribution < -0.4 is 0 Å². The number of cyclic esters (lactones) is 1. The van der Waals surface area contributed by atoms with Crippen LogP contribution >= 0.6 is 0 Å². The topological polar surface area (TPSA) is 29.3 Å². The van der Waals surface area contributed by atoms with Crippen LogP contribution in [0.3, 0.4) is 0 Å². The van der Waals surface area contributed by atoms with Gasteiger partial charge in [-0.2, -0.15) is 4.58 Å². The maximum atomic E-state index is 11.3. The Morgan fingerprint density at radius 1 is 1.54 bits per heavy atom. The minimum Gasteiger partial charge on any atom is -0.398 e. The third-order valence-electron chi connectivity index (χ3n) is 2.51. The minimum absolute atomic E-state index is 0.110. The lowest BCUT2D eigenvalue weighted by atomic mass is 10.1. The number of unbranched alkanes of at least 4 members (excludes halogenated alkanes) is 2. The first-order valence-corrected chi connectivity index (χ1v) is 4.96. The standard InChI is InChI=1S/C10H18NO2/c1-4-5-6-7-9-10(12)13-8(2)11(9)3/h8-9H,3-7H2,1-2H3/q+1. The van der Waals surface area contributed by atoms with Crippen molar-refractivity contribution in [3.63, 3.8) is 0 Å². The van der Waals surface area contributed by atoms with Crippen LogP contribution in [-0.2, 0) is 9.53 Å². The molecule has 1 fully saturated rings. The van der Waals surface area contributed by atoms with Gasteiger partial charge in [-0.15, -0.1) is 0 Å². The van der Waals surface area contributed by atoms with Gasteiger partial charge >= 0.3 is 5.97 Å². The van der Waals surface area contributed by atoms with Gasteiger partial charge in [0.05, 0.1) is 0 Å². The number of hydrogen-bond acceptors (Lipinski definition) is 2. The molecule has 0 spiro atoms. The molecule has 2 atom stereocenters. The van der Waals surface area contributed by atoms with Gasteiger partial charge in [0.1, 0.15) is 6.72 Å². The lowest BCUT2D eigenvalue weighted by Crippen LogP contribution is -2.26. The van der Waals surface area contributed by atoms with E-state index in [0.717, 1.165) is 12.8 Å². The van der Waals surface area contributed by atoms with Gasteiger partial charge in [0.2, 0.25) is 0 Å². The van der Waals surface area contributed by atoms with E-state index in [1.54, 1.807) is 4.58 Å². The van der Waals surface area contributed by atoms with Crippen LogP contribution in [0.5, 0.6) is 0 Å². The average Bonchev–Trinajstić information content (AvgIpc) is 2.32. The molecule has 0 aromatic carbocycles. The summed E-state index contributed by atoms with van der Waals surface area (Å²) in [6.07, 6.45) is 4.15. The predicted octanol–water partition coefficient (Wildman–Crippen LogP) is 1.55. The molecule has 3 nitrogen and oxygen atoms in total. The summed E-state index contributed by atoms with van der Waals surface area (Å²) in [6.45, 7) is 7.82. The lowest BCUT2D eigenvalue weighted by molar-refractivity contribution is -0.586. The van der Waals surface area contributed by atoms with Gasteiger partial charge in [0.15, 0.2) is 0 Å². The molecular weight excluding hydrogens is 166 g/mol. The number of ether oxygens (including phenoxy) is 1. The highest BCUT2D eigenvalue weighted by Crippen LogP contribution is 2.17. The Hall–Kier alpha value is -0.860. The van der Waals surface area contributed by atoms with E-state index in [2.05, 4.69) is 13.6 Å². The molecule has 1 aliphatic heterocycles. The monoisotopic (exact) mass is 184 g/mol. The fourth-order valence-corrected chi connectivity index (χ4v) is 1.57. The first-order valence-electron chi connectivity index (χ1n) is 4.96. The summed E-state index contributed by atoms with van der Waals surface area (Å²) in [4.78, 5) is 11.3. The van der Waals surface area contributed by atoms with Gasteiger partial charge in [-0.25, -0.2) is 4.79 Å². The zero-order chi connectivity index (χ0) is 9.84. The van der Waals surface area contributed by atoms with E-state index in [9.17, 15) is 4.79 Å². The fourth-order valence-electron chi connectivity index (χ4n) is 1.57. The third kappa shape index (κ3) is 2.29. The first kappa shape index (κ1) is 10.2. The van der Waals surface area contributed by atoms with Crippen molar-refractivity contribution in [3.05, 3.63) is 0 Å². The summed E-state index contributed by atoms with van der Waals surface area (Å²) in [5.41, 5.74) is 0. The molecule has 0 aromatic heterocycles. The van der Waals surface area contributed by atoms with Crippen molar-refractivity contribution in [1.82, 2.24) is 0 Å². The smallest absolute Gasteiger partial charge is 0.380 e. The van der Waals surface area contributed by atoms with E-state index in [1.165, 1.54) is 12.8 Å². The Balaban J connectivity index is 2.40.